The molecule has 1 rings (SSSR count). The Morgan fingerprint density at radius 1 is 1.45 bits per heavy atom. The van der Waals surface area contributed by atoms with Crippen molar-refractivity contribution >= 4 is 29.5 Å². The van der Waals surface area contributed by atoms with Crippen LogP contribution in [0.2, 0.25) is 0 Å². The van der Waals surface area contributed by atoms with Gasteiger partial charge in [-0.1, -0.05) is 24.3 Å². The number of carboxylic acid groups (broad SMARTS) is 1. The molecular weight excluding hydrogens is 280 g/mol. The van der Waals surface area contributed by atoms with Crippen molar-refractivity contribution in [1.82, 2.24) is 0 Å². The number of nitro groups is 1. The largest absolute Gasteiger partial charge is 0.481 e. The summed E-state index contributed by atoms with van der Waals surface area (Å²) >= 11 is 1.24. The number of rotatable bonds is 7. The van der Waals surface area contributed by atoms with Gasteiger partial charge in [-0.3, -0.25) is 14.9 Å². The smallest absolute Gasteiger partial charge is 0.307 e. The molecule has 0 saturated heterocycles. The van der Waals surface area contributed by atoms with Gasteiger partial charge in [-0.05, 0) is 24.0 Å². The highest BCUT2D eigenvalue weighted by atomic mass is 32.2. The van der Waals surface area contributed by atoms with Gasteiger partial charge < -0.3 is 10.4 Å². The van der Waals surface area contributed by atoms with E-state index < -0.39 is 10.9 Å². The Morgan fingerprint density at radius 3 is 2.60 bits per heavy atom. The topological polar surface area (TPSA) is 92.5 Å². The molecule has 0 unspecified atom stereocenters. The van der Waals surface area contributed by atoms with Crippen molar-refractivity contribution in [2.75, 3.05) is 11.6 Å². The van der Waals surface area contributed by atoms with E-state index in [4.69, 9.17) is 5.11 Å². The maximum atomic E-state index is 10.4. The summed E-state index contributed by atoms with van der Waals surface area (Å²) in [7, 11) is 0. The van der Waals surface area contributed by atoms with E-state index >= 15 is 0 Å². The summed E-state index contributed by atoms with van der Waals surface area (Å²) in [6.45, 7) is 0. The fourth-order valence-electron chi connectivity index (χ4n) is 1.35. The van der Waals surface area contributed by atoms with Crippen molar-refractivity contribution < 1.29 is 14.8 Å². The van der Waals surface area contributed by atoms with E-state index in [9.17, 15) is 14.9 Å². The van der Waals surface area contributed by atoms with Crippen molar-refractivity contribution in [3.63, 3.8) is 0 Å². The number of benzene rings is 1. The SMILES string of the molecule is CSC(=C[N+](=O)[O-])Nc1ccc(/C=C/CC(=O)O)cc1. The van der Waals surface area contributed by atoms with E-state index in [1.54, 1.807) is 42.7 Å². The Labute approximate surface area is 120 Å². The Balaban J connectivity index is 2.69. The van der Waals surface area contributed by atoms with E-state index in [0.717, 1.165) is 17.5 Å². The lowest BCUT2D eigenvalue weighted by Crippen LogP contribution is -1.98. The summed E-state index contributed by atoms with van der Waals surface area (Å²) in [4.78, 5) is 20.3. The quantitative estimate of drug-likeness (QED) is 0.593. The number of anilines is 1. The number of nitrogens with one attached hydrogen (secondary N) is 1. The van der Waals surface area contributed by atoms with Crippen LogP contribution in [0.15, 0.2) is 41.6 Å². The molecule has 0 fully saturated rings. The maximum Gasteiger partial charge on any atom is 0.307 e. The highest BCUT2D eigenvalue weighted by Gasteiger charge is 2.01. The van der Waals surface area contributed by atoms with Crippen LogP contribution in [0.5, 0.6) is 0 Å². The van der Waals surface area contributed by atoms with Crippen LogP contribution >= 0.6 is 11.8 Å². The molecule has 0 aliphatic carbocycles. The molecule has 7 heteroatoms. The first-order chi connectivity index (χ1) is 9.51. The van der Waals surface area contributed by atoms with Crippen molar-refractivity contribution in [3.8, 4) is 0 Å². The van der Waals surface area contributed by atoms with Crippen LogP contribution in [0, 0.1) is 10.1 Å². The van der Waals surface area contributed by atoms with Gasteiger partial charge in [0.15, 0.2) is 0 Å². The van der Waals surface area contributed by atoms with Crippen molar-refractivity contribution in [1.29, 1.82) is 0 Å². The van der Waals surface area contributed by atoms with Gasteiger partial charge in [0.25, 0.3) is 6.20 Å². The van der Waals surface area contributed by atoms with Gasteiger partial charge in [0, 0.05) is 5.69 Å². The minimum absolute atomic E-state index is 0.0256. The molecule has 20 heavy (non-hydrogen) atoms. The van der Waals surface area contributed by atoms with Crippen LogP contribution in [0.25, 0.3) is 6.08 Å². The zero-order valence-corrected chi connectivity index (χ0v) is 11.6. The zero-order valence-electron chi connectivity index (χ0n) is 10.8. The molecule has 2 N–H and O–H groups in total. The fourth-order valence-corrected chi connectivity index (χ4v) is 1.76. The highest BCUT2D eigenvalue weighted by Crippen LogP contribution is 2.18. The lowest BCUT2D eigenvalue weighted by molar-refractivity contribution is -0.402. The summed E-state index contributed by atoms with van der Waals surface area (Å²) < 4.78 is 0. The maximum absolute atomic E-state index is 10.4. The van der Waals surface area contributed by atoms with Gasteiger partial charge in [-0.15, -0.1) is 11.8 Å². The van der Waals surface area contributed by atoms with Gasteiger partial charge in [0.2, 0.25) is 0 Å². The Hall–Kier alpha value is -2.28. The third-order valence-electron chi connectivity index (χ3n) is 2.22. The van der Waals surface area contributed by atoms with Gasteiger partial charge in [-0.25, -0.2) is 0 Å². The van der Waals surface area contributed by atoms with E-state index in [2.05, 4.69) is 5.32 Å². The third-order valence-corrected chi connectivity index (χ3v) is 2.87. The lowest BCUT2D eigenvalue weighted by atomic mass is 10.2. The predicted octanol–water partition coefficient (Wildman–Crippen LogP) is 3.03. The van der Waals surface area contributed by atoms with Gasteiger partial charge in [0.1, 0.15) is 5.03 Å². The Morgan fingerprint density at radius 2 is 2.10 bits per heavy atom. The fraction of sp³-hybridized carbons (Fsp3) is 0.154. The molecule has 0 heterocycles. The summed E-state index contributed by atoms with van der Waals surface area (Å²) in [5.41, 5.74) is 1.59. The first-order valence-corrected chi connectivity index (χ1v) is 6.88. The second-order valence-corrected chi connectivity index (χ2v) is 4.58. The number of nitrogens with zero attached hydrogens (tertiary/aromatic N) is 1. The average molecular weight is 294 g/mol. The summed E-state index contributed by atoms with van der Waals surface area (Å²) in [5, 5.41) is 22.3. The number of thioether (sulfide) groups is 1. The van der Waals surface area contributed by atoms with Crippen LogP contribution in [-0.4, -0.2) is 22.3 Å². The molecule has 1 aromatic rings. The van der Waals surface area contributed by atoms with E-state index in [-0.39, 0.29) is 6.42 Å². The van der Waals surface area contributed by atoms with Crippen LogP contribution in [-0.2, 0) is 4.79 Å². The molecular formula is C13H14N2O4S. The van der Waals surface area contributed by atoms with Crippen molar-refractivity contribution in [2.24, 2.45) is 0 Å². The summed E-state index contributed by atoms with van der Waals surface area (Å²) in [6, 6.07) is 7.13. The Bertz CT molecular complexity index is 538. The summed E-state index contributed by atoms with van der Waals surface area (Å²) in [6.07, 6.45) is 5.89. The highest BCUT2D eigenvalue weighted by molar-refractivity contribution is 8.02. The second-order valence-electron chi connectivity index (χ2n) is 3.73. The molecule has 0 bridgehead atoms. The van der Waals surface area contributed by atoms with E-state index in [1.807, 2.05) is 0 Å². The number of hydrogen-bond acceptors (Lipinski definition) is 5. The van der Waals surface area contributed by atoms with Crippen molar-refractivity contribution in [2.45, 2.75) is 6.42 Å². The summed E-state index contributed by atoms with van der Waals surface area (Å²) in [5.74, 6) is -0.880. The van der Waals surface area contributed by atoms with Gasteiger partial charge in [0.05, 0.1) is 11.3 Å². The minimum atomic E-state index is -0.880. The molecule has 0 radical (unpaired) electrons. The van der Waals surface area contributed by atoms with E-state index in [1.165, 1.54) is 11.8 Å². The van der Waals surface area contributed by atoms with Crippen LogP contribution in [0.3, 0.4) is 0 Å². The predicted molar refractivity (Wildman–Crippen MR) is 79.9 cm³/mol. The second kappa shape index (κ2) is 8.00. The molecule has 0 aliphatic heterocycles. The van der Waals surface area contributed by atoms with Crippen LogP contribution in [0.4, 0.5) is 5.69 Å². The third kappa shape index (κ3) is 6.05. The normalized spacial score (nSPS) is 11.6. The number of carbonyl (C=O) groups is 1. The Kier molecular flexibility index (Phi) is 6.31. The lowest BCUT2D eigenvalue weighted by Gasteiger charge is -2.06. The van der Waals surface area contributed by atoms with Gasteiger partial charge in [-0.2, -0.15) is 0 Å². The molecule has 0 aromatic heterocycles. The first-order valence-electron chi connectivity index (χ1n) is 5.66. The van der Waals surface area contributed by atoms with Crippen LogP contribution < -0.4 is 5.32 Å². The average Bonchev–Trinajstić information content (AvgIpc) is 2.39. The molecule has 0 atom stereocenters. The molecule has 1 aromatic carbocycles. The minimum Gasteiger partial charge on any atom is -0.481 e. The molecule has 0 aliphatic rings. The molecule has 0 spiro atoms. The molecule has 0 saturated carbocycles. The number of aliphatic carboxylic acids is 1. The molecule has 106 valence electrons. The number of carboxylic acids is 1. The standard InChI is InChI=1S/C13H14N2O4S/c1-20-12(9-15(18)19)14-11-7-5-10(6-8-11)3-2-4-13(16)17/h2-3,5-9,14H,4H2,1H3,(H,16,17)/b3-2+,12-9?. The monoisotopic (exact) mass is 294 g/mol. The zero-order chi connectivity index (χ0) is 15.0. The van der Waals surface area contributed by atoms with Crippen LogP contribution in [0.1, 0.15) is 12.0 Å². The number of hydrogen-bond donors (Lipinski definition) is 2. The van der Waals surface area contributed by atoms with E-state index in [0.29, 0.717) is 5.03 Å². The van der Waals surface area contributed by atoms with Gasteiger partial charge >= 0.3 is 5.97 Å². The molecule has 0 amide bonds. The first kappa shape index (κ1) is 15.8. The van der Waals surface area contributed by atoms with Crippen molar-refractivity contribution in [3.05, 3.63) is 57.2 Å². The molecule has 6 nitrogen and oxygen atoms in total.